The maximum Gasteiger partial charge on any atom is 0.451 e. The molecule has 2 atom stereocenters. The largest absolute Gasteiger partial charge is 0.465 e. The standard InChI is InChI=1S/C10H20BNO4/c1-2-16-10(13)9-8(5-7-12-9)4-3-6-11(14)15/h8-9,12,14-15H,2-7H2,1H3/t8-,9+/m1/s1. The summed E-state index contributed by atoms with van der Waals surface area (Å²) in [5.74, 6) is 0.0762. The van der Waals surface area contributed by atoms with Gasteiger partial charge in [-0.3, -0.25) is 4.79 Å². The minimum Gasteiger partial charge on any atom is -0.465 e. The normalized spacial score (nSPS) is 24.4. The molecule has 3 N–H and O–H groups in total. The Kier molecular flexibility index (Phi) is 5.80. The SMILES string of the molecule is CCOC(=O)[C@H]1NCC[C@H]1CCCB(O)O. The molecule has 0 aromatic heterocycles. The molecule has 92 valence electrons. The van der Waals surface area contributed by atoms with Gasteiger partial charge in [0.05, 0.1) is 6.61 Å². The topological polar surface area (TPSA) is 78.8 Å². The molecule has 1 rings (SSSR count). The molecule has 0 amide bonds. The molecule has 1 saturated heterocycles. The van der Waals surface area contributed by atoms with Gasteiger partial charge in [0.2, 0.25) is 0 Å². The van der Waals surface area contributed by atoms with Gasteiger partial charge in [-0.05, 0) is 38.5 Å². The van der Waals surface area contributed by atoms with E-state index in [9.17, 15) is 4.79 Å². The number of rotatable bonds is 6. The quantitative estimate of drug-likeness (QED) is 0.433. The molecule has 1 aliphatic heterocycles. The number of hydrogen-bond donors (Lipinski definition) is 3. The van der Waals surface area contributed by atoms with Crippen molar-refractivity contribution in [2.75, 3.05) is 13.2 Å². The van der Waals surface area contributed by atoms with Crippen LogP contribution in [0.5, 0.6) is 0 Å². The first kappa shape index (κ1) is 13.5. The van der Waals surface area contributed by atoms with Crippen molar-refractivity contribution in [2.24, 2.45) is 5.92 Å². The molecule has 0 aromatic rings. The molecule has 0 aliphatic carbocycles. The maximum atomic E-state index is 11.6. The molecule has 0 saturated carbocycles. The fourth-order valence-corrected chi connectivity index (χ4v) is 2.14. The Bertz CT molecular complexity index is 225. The summed E-state index contributed by atoms with van der Waals surface area (Å²) in [4.78, 5) is 11.6. The summed E-state index contributed by atoms with van der Waals surface area (Å²) in [6, 6.07) is -0.212. The van der Waals surface area contributed by atoms with Gasteiger partial charge in [0, 0.05) is 0 Å². The van der Waals surface area contributed by atoms with Gasteiger partial charge in [-0.2, -0.15) is 0 Å². The number of nitrogens with one attached hydrogen (secondary N) is 1. The van der Waals surface area contributed by atoms with Crippen molar-refractivity contribution in [3.63, 3.8) is 0 Å². The first-order valence-electron chi connectivity index (χ1n) is 5.91. The highest BCUT2D eigenvalue weighted by atomic mass is 16.5. The van der Waals surface area contributed by atoms with Gasteiger partial charge in [0.25, 0.3) is 0 Å². The van der Waals surface area contributed by atoms with E-state index in [2.05, 4.69) is 5.32 Å². The van der Waals surface area contributed by atoms with Crippen LogP contribution in [0.4, 0.5) is 0 Å². The molecular weight excluding hydrogens is 209 g/mol. The van der Waals surface area contributed by atoms with Crippen LogP contribution in [0.1, 0.15) is 26.2 Å². The van der Waals surface area contributed by atoms with E-state index in [-0.39, 0.29) is 17.9 Å². The average molecular weight is 229 g/mol. The van der Waals surface area contributed by atoms with Crippen LogP contribution in [0.3, 0.4) is 0 Å². The lowest BCUT2D eigenvalue weighted by molar-refractivity contribution is -0.146. The van der Waals surface area contributed by atoms with Crippen LogP contribution in [0, 0.1) is 5.92 Å². The van der Waals surface area contributed by atoms with Crippen LogP contribution >= 0.6 is 0 Å². The second-order valence-corrected chi connectivity index (χ2v) is 4.14. The third-order valence-corrected chi connectivity index (χ3v) is 2.93. The summed E-state index contributed by atoms with van der Waals surface area (Å²) in [5, 5.41) is 20.6. The first-order valence-corrected chi connectivity index (χ1v) is 5.91. The van der Waals surface area contributed by atoms with Crippen molar-refractivity contribution < 1.29 is 19.6 Å². The Balaban J connectivity index is 2.31. The van der Waals surface area contributed by atoms with Crippen LogP contribution in [-0.4, -0.2) is 42.3 Å². The van der Waals surface area contributed by atoms with Gasteiger partial charge >= 0.3 is 13.1 Å². The van der Waals surface area contributed by atoms with E-state index in [1.54, 1.807) is 6.92 Å². The van der Waals surface area contributed by atoms with Crippen LogP contribution in [0.15, 0.2) is 0 Å². The second-order valence-electron chi connectivity index (χ2n) is 4.14. The number of carbonyl (C=O) groups excluding carboxylic acids is 1. The van der Waals surface area contributed by atoms with Crippen LogP contribution < -0.4 is 5.32 Å². The molecule has 0 unspecified atom stereocenters. The van der Waals surface area contributed by atoms with Crippen molar-refractivity contribution in [1.29, 1.82) is 0 Å². The molecule has 6 heteroatoms. The van der Waals surface area contributed by atoms with Crippen LogP contribution in [0.25, 0.3) is 0 Å². The molecule has 0 aromatic carbocycles. The van der Waals surface area contributed by atoms with E-state index >= 15 is 0 Å². The van der Waals surface area contributed by atoms with E-state index in [1.165, 1.54) is 0 Å². The van der Waals surface area contributed by atoms with E-state index in [4.69, 9.17) is 14.8 Å². The lowest BCUT2D eigenvalue weighted by Gasteiger charge is -2.17. The van der Waals surface area contributed by atoms with Crippen molar-refractivity contribution >= 4 is 13.1 Å². The van der Waals surface area contributed by atoms with E-state index < -0.39 is 7.12 Å². The highest BCUT2D eigenvalue weighted by Crippen LogP contribution is 2.23. The molecule has 5 nitrogen and oxygen atoms in total. The van der Waals surface area contributed by atoms with Gasteiger partial charge in [0.15, 0.2) is 0 Å². The number of esters is 1. The van der Waals surface area contributed by atoms with Gasteiger partial charge in [0.1, 0.15) is 6.04 Å². The third kappa shape index (κ3) is 4.12. The Morgan fingerprint density at radius 3 is 2.94 bits per heavy atom. The van der Waals surface area contributed by atoms with E-state index in [1.807, 2.05) is 0 Å². The average Bonchev–Trinajstić information content (AvgIpc) is 2.66. The van der Waals surface area contributed by atoms with Gasteiger partial charge in [-0.15, -0.1) is 0 Å². The van der Waals surface area contributed by atoms with Crippen LogP contribution in [0.2, 0.25) is 6.32 Å². The van der Waals surface area contributed by atoms with Crippen molar-refractivity contribution in [3.8, 4) is 0 Å². The minimum absolute atomic E-state index is 0.186. The predicted molar refractivity (Wildman–Crippen MR) is 60.8 cm³/mol. The summed E-state index contributed by atoms with van der Waals surface area (Å²) in [7, 11) is -1.24. The summed E-state index contributed by atoms with van der Waals surface area (Å²) in [6.45, 7) is 3.03. The Morgan fingerprint density at radius 2 is 2.31 bits per heavy atom. The molecular formula is C10H20BNO4. The van der Waals surface area contributed by atoms with Crippen molar-refractivity contribution in [3.05, 3.63) is 0 Å². The highest BCUT2D eigenvalue weighted by molar-refractivity contribution is 6.40. The van der Waals surface area contributed by atoms with Gasteiger partial charge in [-0.1, -0.05) is 6.42 Å². The van der Waals surface area contributed by atoms with Crippen LogP contribution in [-0.2, 0) is 9.53 Å². The fourth-order valence-electron chi connectivity index (χ4n) is 2.14. The van der Waals surface area contributed by atoms with Gasteiger partial charge < -0.3 is 20.1 Å². The highest BCUT2D eigenvalue weighted by Gasteiger charge is 2.33. The summed E-state index contributed by atoms with van der Waals surface area (Å²) in [6.07, 6.45) is 2.87. The Labute approximate surface area is 96.3 Å². The zero-order chi connectivity index (χ0) is 12.0. The smallest absolute Gasteiger partial charge is 0.451 e. The molecule has 1 aliphatic rings. The van der Waals surface area contributed by atoms with Crippen molar-refractivity contribution in [1.82, 2.24) is 5.32 Å². The number of hydrogen-bond acceptors (Lipinski definition) is 5. The lowest BCUT2D eigenvalue weighted by Crippen LogP contribution is -2.37. The maximum absolute atomic E-state index is 11.6. The lowest BCUT2D eigenvalue weighted by atomic mass is 9.81. The minimum atomic E-state index is -1.24. The summed E-state index contributed by atoms with van der Waals surface area (Å²) in [5.41, 5.74) is 0. The zero-order valence-corrected chi connectivity index (χ0v) is 9.69. The molecule has 0 radical (unpaired) electrons. The predicted octanol–water partition coefficient (Wildman–Crippen LogP) is -0.219. The molecule has 0 spiro atoms. The number of carbonyl (C=O) groups is 1. The zero-order valence-electron chi connectivity index (χ0n) is 9.69. The summed E-state index contributed by atoms with van der Waals surface area (Å²) < 4.78 is 4.98. The molecule has 1 heterocycles. The van der Waals surface area contributed by atoms with E-state index in [0.29, 0.717) is 12.9 Å². The second kappa shape index (κ2) is 6.88. The Morgan fingerprint density at radius 1 is 1.56 bits per heavy atom. The van der Waals surface area contributed by atoms with E-state index in [0.717, 1.165) is 25.8 Å². The Hall–Kier alpha value is -0.585. The molecule has 0 bridgehead atoms. The number of ether oxygens (including phenoxy) is 1. The monoisotopic (exact) mass is 229 g/mol. The molecule has 16 heavy (non-hydrogen) atoms. The first-order chi connectivity index (χ1) is 7.65. The molecule has 1 fully saturated rings. The fraction of sp³-hybridized carbons (Fsp3) is 0.900. The van der Waals surface area contributed by atoms with Gasteiger partial charge in [-0.25, -0.2) is 0 Å². The third-order valence-electron chi connectivity index (χ3n) is 2.93. The van der Waals surface area contributed by atoms with Crippen molar-refractivity contribution in [2.45, 2.75) is 38.5 Å². The summed E-state index contributed by atoms with van der Waals surface area (Å²) >= 11 is 0.